The molecule has 206 valence electrons. The SMILES string of the molecule is CC[C@@H]1COC(c2ccc(-c3ccsc3-c3cc(-c4ccc(C5=N[C@H](CC)CO5)cc4)c([Si](C)(C)C)s3)cc2)=N1. The molecule has 2 aromatic carbocycles. The van der Waals surface area contributed by atoms with Crippen LogP contribution in [0.2, 0.25) is 19.6 Å². The maximum atomic E-state index is 5.87. The smallest absolute Gasteiger partial charge is 0.216 e. The molecule has 4 nitrogen and oxygen atoms in total. The summed E-state index contributed by atoms with van der Waals surface area (Å²) in [4.78, 5) is 12.1. The van der Waals surface area contributed by atoms with Crippen LogP contribution in [-0.2, 0) is 9.47 Å². The first-order chi connectivity index (χ1) is 19.3. The van der Waals surface area contributed by atoms with Crippen molar-refractivity contribution < 1.29 is 9.47 Å². The Morgan fingerprint density at radius 1 is 0.725 bits per heavy atom. The predicted molar refractivity (Wildman–Crippen MR) is 175 cm³/mol. The van der Waals surface area contributed by atoms with E-state index in [2.05, 4.69) is 99.5 Å². The van der Waals surface area contributed by atoms with Crippen molar-refractivity contribution in [3.8, 4) is 32.0 Å². The van der Waals surface area contributed by atoms with Gasteiger partial charge in [-0.1, -0.05) is 57.8 Å². The highest BCUT2D eigenvalue weighted by molar-refractivity contribution is 7.31. The number of benzene rings is 2. The molecule has 0 spiro atoms. The molecule has 2 aliphatic rings. The average Bonchev–Trinajstić information content (AvgIpc) is 3.78. The highest BCUT2D eigenvalue weighted by Gasteiger charge is 2.27. The normalized spacial score (nSPS) is 18.8. The van der Waals surface area contributed by atoms with Gasteiger partial charge in [0.05, 0.1) is 25.0 Å². The number of nitrogens with zero attached hydrogens (tertiary/aromatic N) is 2. The molecule has 0 unspecified atom stereocenters. The van der Waals surface area contributed by atoms with Crippen molar-refractivity contribution in [2.45, 2.75) is 58.4 Å². The molecule has 0 bridgehead atoms. The van der Waals surface area contributed by atoms with Gasteiger partial charge in [0, 0.05) is 21.6 Å². The molecule has 40 heavy (non-hydrogen) atoms. The lowest BCUT2D eigenvalue weighted by atomic mass is 10.0. The highest BCUT2D eigenvalue weighted by Crippen LogP contribution is 2.42. The minimum Gasteiger partial charge on any atom is -0.475 e. The second kappa shape index (κ2) is 11.1. The zero-order valence-electron chi connectivity index (χ0n) is 23.9. The molecule has 0 saturated carbocycles. The molecule has 2 aromatic heterocycles. The summed E-state index contributed by atoms with van der Waals surface area (Å²) in [5.74, 6) is 1.55. The fourth-order valence-corrected chi connectivity index (χ4v) is 9.71. The van der Waals surface area contributed by atoms with Gasteiger partial charge in [-0.15, -0.1) is 22.7 Å². The first kappa shape index (κ1) is 27.2. The minimum atomic E-state index is -1.59. The van der Waals surface area contributed by atoms with Crippen molar-refractivity contribution in [1.29, 1.82) is 0 Å². The van der Waals surface area contributed by atoms with Gasteiger partial charge in [0.2, 0.25) is 11.8 Å². The summed E-state index contributed by atoms with van der Waals surface area (Å²) in [5.41, 5.74) is 7.25. The van der Waals surface area contributed by atoms with Gasteiger partial charge < -0.3 is 9.47 Å². The van der Waals surface area contributed by atoms with Crippen LogP contribution < -0.4 is 4.50 Å². The van der Waals surface area contributed by atoms with Crippen molar-refractivity contribution in [1.82, 2.24) is 0 Å². The van der Waals surface area contributed by atoms with Crippen molar-refractivity contribution in [2.75, 3.05) is 13.2 Å². The Balaban J connectivity index is 1.32. The predicted octanol–water partition coefficient (Wildman–Crippen LogP) is 8.47. The maximum absolute atomic E-state index is 5.87. The molecule has 0 radical (unpaired) electrons. The van der Waals surface area contributed by atoms with Crippen LogP contribution in [0.4, 0.5) is 0 Å². The quantitative estimate of drug-likeness (QED) is 0.195. The molecule has 0 fully saturated rings. The van der Waals surface area contributed by atoms with E-state index < -0.39 is 8.07 Å². The Bertz CT molecular complexity index is 1560. The van der Waals surface area contributed by atoms with Crippen LogP contribution in [0, 0.1) is 0 Å². The second-order valence-electron chi connectivity index (χ2n) is 11.5. The fourth-order valence-electron chi connectivity index (χ4n) is 5.15. The van der Waals surface area contributed by atoms with Crippen LogP contribution in [0.1, 0.15) is 37.8 Å². The summed E-state index contributed by atoms with van der Waals surface area (Å²) in [5, 5.41) is 2.21. The second-order valence-corrected chi connectivity index (χ2v) is 18.9. The molecule has 0 amide bonds. The fraction of sp³-hybridized carbons (Fsp3) is 0.333. The number of hydrogen-bond donors (Lipinski definition) is 0. The number of rotatable bonds is 8. The van der Waals surface area contributed by atoms with Crippen molar-refractivity contribution in [2.24, 2.45) is 9.98 Å². The maximum Gasteiger partial charge on any atom is 0.216 e. The standard InChI is InChI=1S/C33H36N2O2S2Si/c1-6-25-19-36-31(34-25)23-12-8-21(9-13-23)27-16-17-38-30(27)29-18-28(33(39-29)40(3,4)5)22-10-14-24(15-11-22)32-35-26(7-2)20-37-32/h8-18,25-26H,6-7,19-20H2,1-5H3/t25-,26-/m1/s1. The molecule has 0 aliphatic carbocycles. The van der Waals surface area contributed by atoms with Gasteiger partial charge in [-0.2, -0.15) is 0 Å². The van der Waals surface area contributed by atoms with E-state index in [0.29, 0.717) is 13.2 Å². The number of aliphatic imine (C=N–C) groups is 2. The molecule has 2 aliphatic heterocycles. The van der Waals surface area contributed by atoms with Gasteiger partial charge in [-0.05, 0) is 75.8 Å². The topological polar surface area (TPSA) is 43.2 Å². The number of thiophene rings is 2. The van der Waals surface area contributed by atoms with Gasteiger partial charge in [0.1, 0.15) is 13.2 Å². The number of hydrogen-bond acceptors (Lipinski definition) is 6. The summed E-state index contributed by atoms with van der Waals surface area (Å²) < 4.78 is 13.2. The third kappa shape index (κ3) is 5.34. The highest BCUT2D eigenvalue weighted by atomic mass is 32.1. The first-order valence-electron chi connectivity index (χ1n) is 14.2. The zero-order chi connectivity index (χ0) is 27.9. The summed E-state index contributed by atoms with van der Waals surface area (Å²) in [6, 6.07) is 22.7. The molecule has 4 aromatic rings. The van der Waals surface area contributed by atoms with Crippen LogP contribution in [-0.4, -0.2) is 45.2 Å². The summed E-state index contributed by atoms with van der Waals surface area (Å²) in [7, 11) is -1.59. The monoisotopic (exact) mass is 584 g/mol. The van der Waals surface area contributed by atoms with Gasteiger partial charge in [0.25, 0.3) is 0 Å². The van der Waals surface area contributed by atoms with Crippen LogP contribution >= 0.6 is 22.7 Å². The van der Waals surface area contributed by atoms with Crippen molar-refractivity contribution >= 4 is 47.0 Å². The van der Waals surface area contributed by atoms with Crippen LogP contribution in [0.15, 0.2) is 76.0 Å². The summed E-state index contributed by atoms with van der Waals surface area (Å²) >= 11 is 3.80. The summed E-state index contributed by atoms with van der Waals surface area (Å²) in [6.45, 7) is 13.0. The Morgan fingerprint density at radius 3 is 1.70 bits per heavy atom. The zero-order valence-corrected chi connectivity index (χ0v) is 26.5. The van der Waals surface area contributed by atoms with Gasteiger partial charge >= 0.3 is 0 Å². The van der Waals surface area contributed by atoms with E-state index in [9.17, 15) is 0 Å². The van der Waals surface area contributed by atoms with Gasteiger partial charge in [-0.3, -0.25) is 0 Å². The van der Waals surface area contributed by atoms with E-state index in [1.165, 1.54) is 36.5 Å². The largest absolute Gasteiger partial charge is 0.475 e. The lowest BCUT2D eigenvalue weighted by molar-refractivity contribution is 0.315. The Morgan fingerprint density at radius 2 is 1.23 bits per heavy atom. The van der Waals surface area contributed by atoms with Crippen LogP contribution in [0.25, 0.3) is 32.0 Å². The molecular weight excluding hydrogens is 549 g/mol. The van der Waals surface area contributed by atoms with E-state index in [1.54, 1.807) is 0 Å². The Hall–Kier alpha value is -3.00. The van der Waals surface area contributed by atoms with Crippen LogP contribution in [0.3, 0.4) is 0 Å². The molecule has 2 atom stereocenters. The van der Waals surface area contributed by atoms with Crippen molar-refractivity contribution in [3.05, 3.63) is 77.2 Å². The van der Waals surface area contributed by atoms with Crippen molar-refractivity contribution in [3.63, 3.8) is 0 Å². The third-order valence-electron chi connectivity index (χ3n) is 7.56. The lowest BCUT2D eigenvalue weighted by Gasteiger charge is -2.17. The molecular formula is C33H36N2O2S2Si. The van der Waals surface area contributed by atoms with Crippen LogP contribution in [0.5, 0.6) is 0 Å². The van der Waals surface area contributed by atoms with E-state index in [4.69, 9.17) is 19.5 Å². The lowest BCUT2D eigenvalue weighted by Crippen LogP contribution is -2.36. The van der Waals surface area contributed by atoms with E-state index in [0.717, 1.165) is 35.8 Å². The average molecular weight is 585 g/mol. The summed E-state index contributed by atoms with van der Waals surface area (Å²) in [6.07, 6.45) is 2.02. The Kier molecular flexibility index (Phi) is 7.55. The van der Waals surface area contributed by atoms with E-state index >= 15 is 0 Å². The van der Waals surface area contributed by atoms with E-state index in [1.807, 2.05) is 22.7 Å². The first-order valence-corrected chi connectivity index (χ1v) is 19.4. The molecule has 7 heteroatoms. The molecule has 4 heterocycles. The minimum absolute atomic E-state index is 0.279. The molecule has 0 saturated heterocycles. The van der Waals surface area contributed by atoms with Gasteiger partial charge in [-0.25, -0.2) is 9.98 Å². The Labute approximate surface area is 246 Å². The van der Waals surface area contributed by atoms with E-state index in [-0.39, 0.29) is 12.1 Å². The molecule has 6 rings (SSSR count). The third-order valence-corrected chi connectivity index (χ3v) is 13.4. The number of ether oxygens (including phenoxy) is 2. The molecule has 0 N–H and O–H groups in total. The van der Waals surface area contributed by atoms with Gasteiger partial charge in [0.15, 0.2) is 0 Å².